The maximum Gasteiger partial charge on any atom is 0.244 e. The summed E-state index contributed by atoms with van der Waals surface area (Å²) in [6.07, 6.45) is 4.98. The van der Waals surface area contributed by atoms with Crippen LogP contribution in [0.2, 0.25) is 10.0 Å². The molecule has 0 radical (unpaired) electrons. The van der Waals surface area contributed by atoms with Gasteiger partial charge in [0.15, 0.2) is 0 Å². The van der Waals surface area contributed by atoms with E-state index in [1.165, 1.54) is 17.0 Å². The Morgan fingerprint density at radius 2 is 1.68 bits per heavy atom. The summed E-state index contributed by atoms with van der Waals surface area (Å²) in [5, 5.41) is 3.93. The minimum Gasteiger partial charge on any atom is -0.352 e. The smallest absolute Gasteiger partial charge is 0.244 e. The van der Waals surface area contributed by atoms with E-state index in [-0.39, 0.29) is 18.5 Å². The summed E-state index contributed by atoms with van der Waals surface area (Å²) >= 11 is 12.3. The quantitative estimate of drug-likeness (QED) is 0.530. The van der Waals surface area contributed by atoms with Crippen LogP contribution in [0.25, 0.3) is 0 Å². The molecule has 1 N–H and O–H groups in total. The van der Waals surface area contributed by atoms with E-state index in [1.54, 1.807) is 43.3 Å². The fraction of sp³-hybridized carbons (Fsp3) is 0.417. The third kappa shape index (κ3) is 6.87. The minimum atomic E-state index is -3.79. The Morgan fingerprint density at radius 3 is 2.26 bits per heavy atom. The number of anilines is 1. The zero-order valence-electron chi connectivity index (χ0n) is 19.2. The Morgan fingerprint density at radius 1 is 1.06 bits per heavy atom. The van der Waals surface area contributed by atoms with Crippen LogP contribution in [0.4, 0.5) is 5.69 Å². The molecule has 0 unspecified atom stereocenters. The lowest BCUT2D eigenvalue weighted by atomic mass is 10.1. The summed E-state index contributed by atoms with van der Waals surface area (Å²) in [4.78, 5) is 27.9. The predicted molar refractivity (Wildman–Crippen MR) is 136 cm³/mol. The van der Waals surface area contributed by atoms with Crippen LogP contribution in [0.3, 0.4) is 0 Å². The van der Waals surface area contributed by atoms with E-state index in [0.717, 1.165) is 36.2 Å². The first-order valence-electron chi connectivity index (χ1n) is 11.1. The normalized spacial score (nSPS) is 15.1. The summed E-state index contributed by atoms with van der Waals surface area (Å²) in [6, 6.07) is 12.5. The first kappa shape index (κ1) is 26.3. The van der Waals surface area contributed by atoms with E-state index in [4.69, 9.17) is 23.2 Å². The number of carbonyl (C=O) groups excluding carboxylic acids is 2. The molecule has 184 valence electrons. The Bertz CT molecular complexity index is 1120. The molecule has 1 aliphatic rings. The second kappa shape index (κ2) is 11.4. The zero-order valence-corrected chi connectivity index (χ0v) is 21.5. The van der Waals surface area contributed by atoms with Crippen LogP contribution in [0.1, 0.15) is 38.2 Å². The van der Waals surface area contributed by atoms with Crippen molar-refractivity contribution in [1.29, 1.82) is 0 Å². The number of amides is 2. The first-order valence-corrected chi connectivity index (χ1v) is 13.7. The molecule has 2 aromatic rings. The Hall–Kier alpha value is -2.29. The van der Waals surface area contributed by atoms with Crippen molar-refractivity contribution in [3.05, 3.63) is 64.1 Å². The number of sulfonamides is 1. The van der Waals surface area contributed by atoms with Crippen molar-refractivity contribution < 1.29 is 18.0 Å². The van der Waals surface area contributed by atoms with Gasteiger partial charge in [0.2, 0.25) is 21.8 Å². The molecule has 2 aromatic carbocycles. The number of hydrogen-bond donors (Lipinski definition) is 1. The molecule has 2 amide bonds. The second-order valence-electron chi connectivity index (χ2n) is 8.53. The largest absolute Gasteiger partial charge is 0.352 e. The molecular weight excluding hydrogens is 497 g/mol. The number of benzene rings is 2. The lowest BCUT2D eigenvalue weighted by Crippen LogP contribution is -2.52. The molecule has 3 rings (SSSR count). The molecule has 0 aromatic heterocycles. The summed E-state index contributed by atoms with van der Waals surface area (Å²) in [5.74, 6) is -0.793. The van der Waals surface area contributed by atoms with Gasteiger partial charge in [0, 0.05) is 22.6 Å². The highest BCUT2D eigenvalue weighted by atomic mass is 35.5. The lowest BCUT2D eigenvalue weighted by molar-refractivity contribution is -0.139. The summed E-state index contributed by atoms with van der Waals surface area (Å²) in [5.41, 5.74) is 0.969. The van der Waals surface area contributed by atoms with Gasteiger partial charge in [-0.05, 0) is 55.7 Å². The van der Waals surface area contributed by atoms with Crippen LogP contribution in [0.15, 0.2) is 48.5 Å². The summed E-state index contributed by atoms with van der Waals surface area (Å²) < 4.78 is 26.1. The van der Waals surface area contributed by atoms with Crippen molar-refractivity contribution in [3.63, 3.8) is 0 Å². The van der Waals surface area contributed by atoms with E-state index in [9.17, 15) is 18.0 Å². The Balaban J connectivity index is 1.88. The van der Waals surface area contributed by atoms with Crippen LogP contribution in [-0.2, 0) is 26.2 Å². The summed E-state index contributed by atoms with van der Waals surface area (Å²) in [6.45, 7) is 1.24. The van der Waals surface area contributed by atoms with Gasteiger partial charge in [-0.25, -0.2) is 8.42 Å². The van der Waals surface area contributed by atoms with Crippen molar-refractivity contribution in [2.24, 2.45) is 0 Å². The van der Waals surface area contributed by atoms with Crippen molar-refractivity contribution in [1.82, 2.24) is 10.2 Å². The number of carbonyl (C=O) groups is 2. The molecule has 0 heterocycles. The molecule has 1 fully saturated rings. The highest BCUT2D eigenvalue weighted by molar-refractivity contribution is 7.92. The van der Waals surface area contributed by atoms with Crippen molar-refractivity contribution in [3.8, 4) is 0 Å². The fourth-order valence-corrected chi connectivity index (χ4v) is 5.18. The average Bonchev–Trinajstić information content (AvgIpc) is 3.29. The fourth-order valence-electron chi connectivity index (χ4n) is 4.01. The lowest BCUT2D eigenvalue weighted by Gasteiger charge is -2.32. The second-order valence-corrected chi connectivity index (χ2v) is 11.3. The number of nitrogens with zero attached hydrogens (tertiary/aromatic N) is 2. The predicted octanol–water partition coefficient (Wildman–Crippen LogP) is 4.24. The molecule has 0 aliphatic heterocycles. The standard InChI is InChI=1S/C24H29Cl2N3O4S/c1-17(24(31)27-20-8-4-5-9-20)28(15-18-7-3-6-10-22(18)26)23(30)16-29(34(2,32)33)21-13-11-19(25)12-14-21/h3,6-7,10-14,17,20H,4-5,8-9,15-16H2,1-2H3,(H,27,31)/t17-/m1/s1. The molecule has 10 heteroatoms. The number of hydrogen-bond acceptors (Lipinski definition) is 4. The molecule has 0 bridgehead atoms. The Labute approximate surface area is 211 Å². The van der Waals surface area contributed by atoms with Gasteiger partial charge < -0.3 is 10.2 Å². The molecule has 0 spiro atoms. The van der Waals surface area contributed by atoms with E-state index < -0.39 is 28.5 Å². The van der Waals surface area contributed by atoms with Crippen molar-refractivity contribution in [2.45, 2.75) is 51.2 Å². The average molecular weight is 526 g/mol. The van der Waals surface area contributed by atoms with Crippen LogP contribution < -0.4 is 9.62 Å². The molecule has 34 heavy (non-hydrogen) atoms. The van der Waals surface area contributed by atoms with E-state index in [1.807, 2.05) is 0 Å². The van der Waals surface area contributed by atoms with Crippen molar-refractivity contribution >= 4 is 50.7 Å². The molecular formula is C24H29Cl2N3O4S. The number of rotatable bonds is 9. The SMILES string of the molecule is C[C@H](C(=O)NC1CCCC1)N(Cc1ccccc1Cl)C(=O)CN(c1ccc(Cl)cc1)S(C)(=O)=O. The van der Waals surface area contributed by atoms with Gasteiger partial charge in [0.05, 0.1) is 11.9 Å². The molecule has 1 saturated carbocycles. The Kier molecular flexibility index (Phi) is 8.84. The van der Waals surface area contributed by atoms with Crippen LogP contribution in [0, 0.1) is 0 Å². The van der Waals surface area contributed by atoms with Gasteiger partial charge in [-0.3, -0.25) is 13.9 Å². The third-order valence-electron chi connectivity index (χ3n) is 5.96. The molecule has 7 nitrogen and oxygen atoms in total. The van der Waals surface area contributed by atoms with Gasteiger partial charge in [0.25, 0.3) is 0 Å². The third-order valence-corrected chi connectivity index (χ3v) is 7.72. The number of halogens is 2. The molecule has 1 aliphatic carbocycles. The maximum atomic E-state index is 13.5. The minimum absolute atomic E-state index is 0.0655. The van der Waals surface area contributed by atoms with E-state index in [2.05, 4.69) is 5.32 Å². The maximum absolute atomic E-state index is 13.5. The molecule has 0 saturated heterocycles. The topological polar surface area (TPSA) is 86.8 Å². The highest BCUT2D eigenvalue weighted by Gasteiger charge is 2.31. The molecule has 1 atom stereocenters. The van der Waals surface area contributed by atoms with Gasteiger partial charge in [0.1, 0.15) is 12.6 Å². The first-order chi connectivity index (χ1) is 16.1. The van der Waals surface area contributed by atoms with Gasteiger partial charge >= 0.3 is 0 Å². The van der Waals surface area contributed by atoms with Crippen LogP contribution >= 0.6 is 23.2 Å². The van der Waals surface area contributed by atoms with Crippen molar-refractivity contribution in [2.75, 3.05) is 17.1 Å². The zero-order chi connectivity index (χ0) is 24.9. The van der Waals surface area contributed by atoms with E-state index >= 15 is 0 Å². The van der Waals surface area contributed by atoms with Crippen LogP contribution in [0.5, 0.6) is 0 Å². The summed E-state index contributed by atoms with van der Waals surface area (Å²) in [7, 11) is -3.79. The monoisotopic (exact) mass is 525 g/mol. The van der Waals surface area contributed by atoms with Crippen LogP contribution in [-0.4, -0.2) is 50.0 Å². The highest BCUT2D eigenvalue weighted by Crippen LogP contribution is 2.23. The number of nitrogens with one attached hydrogen (secondary N) is 1. The van der Waals surface area contributed by atoms with Gasteiger partial charge in [-0.15, -0.1) is 0 Å². The van der Waals surface area contributed by atoms with Gasteiger partial charge in [-0.2, -0.15) is 0 Å². The van der Waals surface area contributed by atoms with Gasteiger partial charge in [-0.1, -0.05) is 54.2 Å². The van der Waals surface area contributed by atoms with E-state index in [0.29, 0.717) is 21.3 Å².